The van der Waals surface area contributed by atoms with E-state index in [9.17, 15) is 8.42 Å². The molecule has 0 spiro atoms. The van der Waals surface area contributed by atoms with Gasteiger partial charge in [-0.3, -0.25) is 4.72 Å². The first-order chi connectivity index (χ1) is 9.40. The van der Waals surface area contributed by atoms with E-state index in [2.05, 4.69) is 4.72 Å². The van der Waals surface area contributed by atoms with Crippen LogP contribution in [0.15, 0.2) is 18.2 Å². The van der Waals surface area contributed by atoms with Gasteiger partial charge in [0.05, 0.1) is 10.9 Å². The van der Waals surface area contributed by atoms with Gasteiger partial charge in [0, 0.05) is 10.6 Å². The normalized spacial score (nSPS) is 16.9. The molecule has 1 saturated carbocycles. The van der Waals surface area contributed by atoms with E-state index in [0.29, 0.717) is 29.1 Å². The highest BCUT2D eigenvalue weighted by atomic mass is 35.5. The van der Waals surface area contributed by atoms with Gasteiger partial charge in [-0.15, -0.1) is 0 Å². The minimum absolute atomic E-state index is 0.142. The largest absolute Gasteiger partial charge is 0.389 e. The lowest BCUT2D eigenvalue weighted by Crippen LogP contribution is -2.30. The number of thiocarbonyl (C=S) groups is 1. The summed E-state index contributed by atoms with van der Waals surface area (Å²) in [4.78, 5) is 0.142. The van der Waals surface area contributed by atoms with Crippen LogP contribution in [0.5, 0.6) is 0 Å². The molecule has 0 unspecified atom stereocenters. The molecular weight excluding hydrogens is 316 g/mol. The van der Waals surface area contributed by atoms with Crippen molar-refractivity contribution in [3.63, 3.8) is 0 Å². The van der Waals surface area contributed by atoms with E-state index in [-0.39, 0.29) is 10.2 Å². The van der Waals surface area contributed by atoms with Crippen LogP contribution in [0.4, 0.5) is 5.69 Å². The molecule has 0 amide bonds. The number of sulfonamides is 1. The Kier molecular flexibility index (Phi) is 4.88. The van der Waals surface area contributed by atoms with Crippen molar-refractivity contribution in [2.45, 2.75) is 37.4 Å². The van der Waals surface area contributed by atoms with E-state index in [1.165, 1.54) is 6.07 Å². The molecule has 0 aromatic heterocycles. The predicted molar refractivity (Wildman–Crippen MR) is 86.8 cm³/mol. The summed E-state index contributed by atoms with van der Waals surface area (Å²) in [5.74, 6) is 0. The maximum atomic E-state index is 12.4. The van der Waals surface area contributed by atoms with Crippen molar-refractivity contribution >= 4 is 44.5 Å². The first kappa shape index (κ1) is 15.5. The Labute approximate surface area is 129 Å². The molecule has 0 bridgehead atoms. The molecule has 3 N–H and O–H groups in total. The lowest BCUT2D eigenvalue weighted by molar-refractivity contribution is 0.486. The van der Waals surface area contributed by atoms with Crippen LogP contribution >= 0.6 is 23.8 Å². The summed E-state index contributed by atoms with van der Waals surface area (Å²) in [5.41, 5.74) is 6.46. The second kappa shape index (κ2) is 6.28. The number of anilines is 1. The van der Waals surface area contributed by atoms with E-state index >= 15 is 0 Å². The summed E-state index contributed by atoms with van der Waals surface area (Å²) in [6.45, 7) is 0. The maximum absolute atomic E-state index is 12.4. The molecule has 20 heavy (non-hydrogen) atoms. The fourth-order valence-corrected chi connectivity index (χ4v) is 4.37. The van der Waals surface area contributed by atoms with E-state index in [1.807, 2.05) is 0 Å². The molecule has 110 valence electrons. The summed E-state index contributed by atoms with van der Waals surface area (Å²) in [5, 5.41) is 0.0840. The molecule has 4 nitrogen and oxygen atoms in total. The minimum atomic E-state index is -3.43. The van der Waals surface area contributed by atoms with Crippen LogP contribution in [0.25, 0.3) is 0 Å². The fourth-order valence-electron chi connectivity index (χ4n) is 2.43. The Hall–Kier alpha value is -0.850. The SMILES string of the molecule is NC(=S)c1ccc(Cl)cc1NS(=O)(=O)C1CCCCC1. The zero-order chi connectivity index (χ0) is 14.8. The Morgan fingerprint density at radius 3 is 2.55 bits per heavy atom. The van der Waals surface area contributed by atoms with Crippen molar-refractivity contribution in [3.05, 3.63) is 28.8 Å². The first-order valence-electron chi connectivity index (χ1n) is 6.51. The van der Waals surface area contributed by atoms with Crippen molar-refractivity contribution in [1.82, 2.24) is 0 Å². The molecule has 1 aliphatic rings. The number of nitrogens with one attached hydrogen (secondary N) is 1. The highest BCUT2D eigenvalue weighted by Crippen LogP contribution is 2.28. The molecule has 0 heterocycles. The topological polar surface area (TPSA) is 72.2 Å². The number of nitrogens with two attached hydrogens (primary N) is 1. The standard InChI is InChI=1S/C13H17ClN2O2S2/c14-9-6-7-11(13(15)19)12(8-9)16-20(17,18)10-4-2-1-3-5-10/h6-8,10,16H,1-5H2,(H2,15,19). The predicted octanol–water partition coefficient (Wildman–Crippen LogP) is 3.05. The van der Waals surface area contributed by atoms with Gasteiger partial charge in [0.1, 0.15) is 4.99 Å². The summed E-state index contributed by atoms with van der Waals surface area (Å²) in [7, 11) is -3.43. The highest BCUT2D eigenvalue weighted by molar-refractivity contribution is 7.93. The van der Waals surface area contributed by atoms with Crippen LogP contribution in [-0.4, -0.2) is 18.7 Å². The smallest absolute Gasteiger partial charge is 0.235 e. The lowest BCUT2D eigenvalue weighted by Gasteiger charge is -2.23. The van der Waals surface area contributed by atoms with Gasteiger partial charge in [-0.2, -0.15) is 0 Å². The highest BCUT2D eigenvalue weighted by Gasteiger charge is 2.28. The zero-order valence-electron chi connectivity index (χ0n) is 10.9. The Morgan fingerprint density at radius 1 is 1.30 bits per heavy atom. The molecule has 0 saturated heterocycles. The summed E-state index contributed by atoms with van der Waals surface area (Å²) >= 11 is 10.9. The fraction of sp³-hybridized carbons (Fsp3) is 0.462. The third kappa shape index (κ3) is 3.62. The van der Waals surface area contributed by atoms with Crippen LogP contribution in [-0.2, 0) is 10.0 Å². The second-order valence-electron chi connectivity index (χ2n) is 4.96. The number of hydrogen-bond donors (Lipinski definition) is 2. The third-order valence-electron chi connectivity index (χ3n) is 3.49. The quantitative estimate of drug-likeness (QED) is 0.831. The molecular formula is C13H17ClN2O2S2. The van der Waals surface area contributed by atoms with Crippen molar-refractivity contribution in [3.8, 4) is 0 Å². The average molecular weight is 333 g/mol. The number of halogens is 1. The van der Waals surface area contributed by atoms with Crippen LogP contribution < -0.4 is 10.5 Å². The van der Waals surface area contributed by atoms with Gasteiger partial charge in [0.25, 0.3) is 0 Å². The minimum Gasteiger partial charge on any atom is -0.389 e. The van der Waals surface area contributed by atoms with Gasteiger partial charge in [-0.25, -0.2) is 8.42 Å². The van der Waals surface area contributed by atoms with Crippen molar-refractivity contribution in [1.29, 1.82) is 0 Å². The summed E-state index contributed by atoms with van der Waals surface area (Å²) < 4.78 is 27.4. The molecule has 2 rings (SSSR count). The van der Waals surface area contributed by atoms with Gasteiger partial charge in [0.2, 0.25) is 10.0 Å². The van der Waals surface area contributed by atoms with E-state index in [0.717, 1.165) is 19.3 Å². The van der Waals surface area contributed by atoms with Crippen molar-refractivity contribution < 1.29 is 8.42 Å². The molecule has 1 aromatic rings. The van der Waals surface area contributed by atoms with Gasteiger partial charge >= 0.3 is 0 Å². The number of hydrogen-bond acceptors (Lipinski definition) is 3. The van der Waals surface area contributed by atoms with Gasteiger partial charge < -0.3 is 5.73 Å². The Balaban J connectivity index is 2.28. The third-order valence-corrected chi connectivity index (χ3v) is 5.80. The molecule has 1 aromatic carbocycles. The molecule has 0 atom stereocenters. The molecule has 0 aliphatic heterocycles. The van der Waals surface area contributed by atoms with E-state index in [4.69, 9.17) is 29.6 Å². The van der Waals surface area contributed by atoms with Crippen LogP contribution in [0.3, 0.4) is 0 Å². The van der Waals surface area contributed by atoms with Crippen LogP contribution in [0.2, 0.25) is 5.02 Å². The zero-order valence-corrected chi connectivity index (χ0v) is 13.3. The molecule has 1 fully saturated rings. The lowest BCUT2D eigenvalue weighted by atomic mass is 10.0. The van der Waals surface area contributed by atoms with Crippen LogP contribution in [0, 0.1) is 0 Å². The molecule has 7 heteroatoms. The Bertz CT molecular complexity index is 611. The van der Waals surface area contributed by atoms with Crippen molar-refractivity contribution in [2.24, 2.45) is 5.73 Å². The van der Waals surface area contributed by atoms with Gasteiger partial charge in [-0.1, -0.05) is 43.1 Å². The molecule has 0 radical (unpaired) electrons. The summed E-state index contributed by atoms with van der Waals surface area (Å²) in [6.07, 6.45) is 4.38. The second-order valence-corrected chi connectivity index (χ2v) is 7.80. The van der Waals surface area contributed by atoms with Crippen LogP contribution in [0.1, 0.15) is 37.7 Å². The first-order valence-corrected chi connectivity index (χ1v) is 8.84. The maximum Gasteiger partial charge on any atom is 0.235 e. The van der Waals surface area contributed by atoms with E-state index < -0.39 is 10.0 Å². The molecule has 1 aliphatic carbocycles. The van der Waals surface area contributed by atoms with Gasteiger partial charge in [-0.05, 0) is 31.0 Å². The monoisotopic (exact) mass is 332 g/mol. The average Bonchev–Trinajstić information content (AvgIpc) is 2.39. The Morgan fingerprint density at radius 2 is 1.95 bits per heavy atom. The number of rotatable bonds is 4. The van der Waals surface area contributed by atoms with E-state index in [1.54, 1.807) is 12.1 Å². The summed E-state index contributed by atoms with van der Waals surface area (Å²) in [6, 6.07) is 4.80. The van der Waals surface area contributed by atoms with Crippen molar-refractivity contribution in [2.75, 3.05) is 4.72 Å². The van der Waals surface area contributed by atoms with Gasteiger partial charge in [0.15, 0.2) is 0 Å². The number of benzene rings is 1.